The molecule has 2 aliphatic rings. The third-order valence-corrected chi connectivity index (χ3v) is 4.71. The van der Waals surface area contributed by atoms with Gasteiger partial charge in [0.2, 0.25) is 0 Å². The maximum Gasteiger partial charge on any atom is 0.0874 e. The molecular weight excluding hydrogens is 252 g/mol. The predicted octanol–water partition coefficient (Wildman–Crippen LogP) is 2.18. The molecule has 1 aromatic heterocycles. The van der Waals surface area contributed by atoms with Gasteiger partial charge >= 0.3 is 0 Å². The van der Waals surface area contributed by atoms with Crippen LogP contribution in [0.2, 0.25) is 0 Å². The van der Waals surface area contributed by atoms with E-state index in [9.17, 15) is 0 Å². The summed E-state index contributed by atoms with van der Waals surface area (Å²) in [4.78, 5) is 0. The summed E-state index contributed by atoms with van der Waals surface area (Å²) in [6.07, 6.45) is 9.55. The molecule has 112 valence electrons. The zero-order valence-electron chi connectivity index (χ0n) is 12.3. The van der Waals surface area contributed by atoms with Crippen molar-refractivity contribution in [2.45, 2.75) is 63.3 Å². The Kier molecular flexibility index (Phi) is 4.68. The third kappa shape index (κ3) is 2.88. The first-order valence-electron chi connectivity index (χ1n) is 8.12. The zero-order chi connectivity index (χ0) is 13.8. The molecule has 1 saturated heterocycles. The highest BCUT2D eigenvalue weighted by Crippen LogP contribution is 2.34. The first-order chi connectivity index (χ1) is 9.90. The Bertz CT molecular complexity index is 420. The van der Waals surface area contributed by atoms with Gasteiger partial charge in [0.15, 0.2) is 0 Å². The Morgan fingerprint density at radius 3 is 2.55 bits per heavy atom. The normalized spacial score (nSPS) is 22.2. The maximum absolute atomic E-state index is 5.74. The molecule has 2 heterocycles. The summed E-state index contributed by atoms with van der Waals surface area (Å²) in [6.45, 7) is 2.38. The van der Waals surface area contributed by atoms with Crippen molar-refractivity contribution in [1.29, 1.82) is 0 Å². The van der Waals surface area contributed by atoms with Crippen molar-refractivity contribution < 1.29 is 4.74 Å². The van der Waals surface area contributed by atoms with Gasteiger partial charge in [0, 0.05) is 25.6 Å². The van der Waals surface area contributed by atoms with E-state index in [1.807, 2.05) is 0 Å². The van der Waals surface area contributed by atoms with Crippen LogP contribution in [0, 0.1) is 0 Å². The first-order valence-corrected chi connectivity index (χ1v) is 8.12. The Balaban J connectivity index is 1.87. The molecule has 0 bridgehead atoms. The summed E-state index contributed by atoms with van der Waals surface area (Å²) >= 11 is 0. The van der Waals surface area contributed by atoms with Crippen LogP contribution >= 0.6 is 0 Å². The fourth-order valence-corrected chi connectivity index (χ4v) is 3.64. The van der Waals surface area contributed by atoms with Crippen molar-refractivity contribution in [2.24, 2.45) is 5.73 Å². The van der Waals surface area contributed by atoms with Crippen LogP contribution in [0.1, 0.15) is 68.3 Å². The van der Waals surface area contributed by atoms with Gasteiger partial charge in [0.1, 0.15) is 0 Å². The molecule has 0 atom stereocenters. The summed E-state index contributed by atoms with van der Waals surface area (Å²) in [7, 11) is 0. The van der Waals surface area contributed by atoms with Gasteiger partial charge in [-0.3, -0.25) is 0 Å². The largest absolute Gasteiger partial charge is 0.381 e. The van der Waals surface area contributed by atoms with Crippen molar-refractivity contribution in [2.75, 3.05) is 19.8 Å². The number of hydrogen-bond acceptors (Lipinski definition) is 4. The highest BCUT2D eigenvalue weighted by Gasteiger charge is 2.28. The number of nitrogens with zero attached hydrogens (tertiary/aromatic N) is 3. The highest BCUT2D eigenvalue weighted by atomic mass is 16.5. The van der Waals surface area contributed by atoms with E-state index in [0.29, 0.717) is 18.5 Å². The van der Waals surface area contributed by atoms with E-state index in [-0.39, 0.29) is 0 Å². The van der Waals surface area contributed by atoms with E-state index in [1.165, 1.54) is 37.8 Å². The SMILES string of the molecule is NCCc1nnn(C2CCCCC2)c1C1CCOCC1. The lowest BCUT2D eigenvalue weighted by atomic mass is 9.91. The van der Waals surface area contributed by atoms with Gasteiger partial charge in [-0.05, 0) is 32.2 Å². The monoisotopic (exact) mass is 278 g/mol. The average Bonchev–Trinajstić information content (AvgIpc) is 2.93. The van der Waals surface area contributed by atoms with Crippen LogP contribution in [0.4, 0.5) is 0 Å². The van der Waals surface area contributed by atoms with Crippen LogP contribution in [0.5, 0.6) is 0 Å². The minimum Gasteiger partial charge on any atom is -0.381 e. The minimum absolute atomic E-state index is 0.556. The number of aromatic nitrogens is 3. The number of ether oxygens (including phenoxy) is 1. The van der Waals surface area contributed by atoms with E-state index in [1.54, 1.807) is 0 Å². The quantitative estimate of drug-likeness (QED) is 0.916. The molecule has 0 spiro atoms. The van der Waals surface area contributed by atoms with Crippen molar-refractivity contribution >= 4 is 0 Å². The molecule has 3 rings (SSSR count). The van der Waals surface area contributed by atoms with Gasteiger partial charge in [-0.1, -0.05) is 24.5 Å². The van der Waals surface area contributed by atoms with Crippen molar-refractivity contribution in [3.63, 3.8) is 0 Å². The molecule has 1 saturated carbocycles. The van der Waals surface area contributed by atoms with Gasteiger partial charge < -0.3 is 10.5 Å². The molecule has 1 aliphatic carbocycles. The zero-order valence-corrected chi connectivity index (χ0v) is 12.3. The van der Waals surface area contributed by atoms with Crippen LogP contribution in [0.15, 0.2) is 0 Å². The molecule has 0 aromatic carbocycles. The molecule has 20 heavy (non-hydrogen) atoms. The highest BCUT2D eigenvalue weighted by molar-refractivity contribution is 5.18. The third-order valence-electron chi connectivity index (χ3n) is 4.71. The van der Waals surface area contributed by atoms with Gasteiger partial charge in [0.25, 0.3) is 0 Å². The second-order valence-corrected chi connectivity index (χ2v) is 6.08. The summed E-state index contributed by atoms with van der Waals surface area (Å²) in [5.74, 6) is 0.558. The van der Waals surface area contributed by atoms with Crippen molar-refractivity contribution in [1.82, 2.24) is 15.0 Å². The van der Waals surface area contributed by atoms with Crippen LogP contribution < -0.4 is 5.73 Å². The van der Waals surface area contributed by atoms with E-state index in [0.717, 1.165) is 38.2 Å². The molecule has 2 N–H and O–H groups in total. The second kappa shape index (κ2) is 6.68. The number of hydrogen-bond donors (Lipinski definition) is 1. The van der Waals surface area contributed by atoms with Gasteiger partial charge in [-0.15, -0.1) is 5.10 Å². The van der Waals surface area contributed by atoms with Crippen molar-refractivity contribution in [3.05, 3.63) is 11.4 Å². The minimum atomic E-state index is 0.556. The van der Waals surface area contributed by atoms with E-state index in [4.69, 9.17) is 10.5 Å². The van der Waals surface area contributed by atoms with Gasteiger partial charge in [-0.25, -0.2) is 4.68 Å². The Hall–Kier alpha value is -0.940. The molecule has 0 unspecified atom stereocenters. The number of rotatable bonds is 4. The Morgan fingerprint density at radius 1 is 1.10 bits per heavy atom. The topological polar surface area (TPSA) is 66.0 Å². The van der Waals surface area contributed by atoms with E-state index < -0.39 is 0 Å². The van der Waals surface area contributed by atoms with Gasteiger partial charge in [-0.2, -0.15) is 0 Å². The predicted molar refractivity (Wildman–Crippen MR) is 77.7 cm³/mol. The summed E-state index contributed by atoms with van der Waals surface area (Å²) < 4.78 is 7.76. The molecule has 1 aromatic rings. The second-order valence-electron chi connectivity index (χ2n) is 6.08. The lowest BCUT2D eigenvalue weighted by Gasteiger charge is -2.28. The Morgan fingerprint density at radius 2 is 1.85 bits per heavy atom. The smallest absolute Gasteiger partial charge is 0.0874 e. The fraction of sp³-hybridized carbons (Fsp3) is 0.867. The molecular formula is C15H26N4O. The van der Waals surface area contributed by atoms with Crippen LogP contribution in [-0.4, -0.2) is 34.8 Å². The van der Waals surface area contributed by atoms with E-state index in [2.05, 4.69) is 15.0 Å². The molecule has 0 radical (unpaired) electrons. The lowest BCUT2D eigenvalue weighted by molar-refractivity contribution is 0.0825. The molecule has 1 aliphatic heterocycles. The maximum atomic E-state index is 5.74. The summed E-state index contributed by atoms with van der Waals surface area (Å²) in [5, 5.41) is 8.95. The number of nitrogens with two attached hydrogens (primary N) is 1. The van der Waals surface area contributed by atoms with E-state index >= 15 is 0 Å². The standard InChI is InChI=1S/C15H26N4O/c16-9-6-14-15(12-7-10-20-11-8-12)19(18-17-14)13-4-2-1-3-5-13/h12-13H,1-11,16H2. The molecule has 5 nitrogen and oxygen atoms in total. The summed E-state index contributed by atoms with van der Waals surface area (Å²) in [5.41, 5.74) is 8.24. The van der Waals surface area contributed by atoms with Crippen LogP contribution in [0.3, 0.4) is 0 Å². The molecule has 2 fully saturated rings. The average molecular weight is 278 g/mol. The first kappa shape index (κ1) is 14.0. The lowest BCUT2D eigenvalue weighted by Crippen LogP contribution is -2.23. The molecule has 0 amide bonds. The summed E-state index contributed by atoms with van der Waals surface area (Å²) in [6, 6.07) is 0.556. The molecule has 5 heteroatoms. The van der Waals surface area contributed by atoms with Crippen molar-refractivity contribution in [3.8, 4) is 0 Å². The van der Waals surface area contributed by atoms with Crippen LogP contribution in [0.25, 0.3) is 0 Å². The fourth-order valence-electron chi connectivity index (χ4n) is 3.64. The van der Waals surface area contributed by atoms with Crippen LogP contribution in [-0.2, 0) is 11.2 Å². The van der Waals surface area contributed by atoms with Gasteiger partial charge in [0.05, 0.1) is 17.4 Å². The Labute approximate surface area is 120 Å².